The maximum Gasteiger partial charge on any atom is 0.253 e. The Morgan fingerprint density at radius 3 is 1.81 bits per heavy atom. The van der Waals surface area contributed by atoms with Crippen molar-refractivity contribution in [3.8, 4) is 0 Å². The fraction of sp³-hybridized carbons (Fsp3) is 0.655. The van der Waals surface area contributed by atoms with Gasteiger partial charge >= 0.3 is 0 Å². The molecule has 264 valence electrons. The van der Waals surface area contributed by atoms with E-state index in [0.717, 1.165) is 12.5 Å². The summed E-state index contributed by atoms with van der Waals surface area (Å²) in [6, 6.07) is 4.87. The Kier molecular flexibility index (Phi) is 12.8. The lowest BCUT2D eigenvalue weighted by Crippen LogP contribution is -2.68. The van der Waals surface area contributed by atoms with Crippen molar-refractivity contribution in [1.29, 1.82) is 0 Å². The molecule has 3 heterocycles. The minimum Gasteiger partial charge on any atom is -0.394 e. The predicted molar refractivity (Wildman–Crippen MR) is 155 cm³/mol. The SMILES string of the molecule is C=Cc1ccc(C(=O)N[C@@H]2O[C@H](CO)[C@@H](O[C@@H]3O[C@H](CO)[C@@H](O[C@@H]4O[C@H](CO)[C@H](O)[C@H](O)[C@H]4NC(C)=O)[C@H](O)[C@H]3O)[C@H](O)[C@H]2O)cc1. The summed E-state index contributed by atoms with van der Waals surface area (Å²) in [6.45, 7) is 2.36. The molecule has 18 heteroatoms. The molecule has 47 heavy (non-hydrogen) atoms. The molecule has 0 aliphatic carbocycles. The van der Waals surface area contributed by atoms with Crippen molar-refractivity contribution in [2.24, 2.45) is 0 Å². The first-order chi connectivity index (χ1) is 22.3. The van der Waals surface area contributed by atoms with Gasteiger partial charge in [0, 0.05) is 12.5 Å². The van der Waals surface area contributed by atoms with Crippen LogP contribution >= 0.6 is 0 Å². The molecule has 3 saturated heterocycles. The number of carbonyl (C=O) groups is 2. The molecule has 4 rings (SSSR count). The van der Waals surface area contributed by atoms with Crippen LogP contribution in [0.5, 0.6) is 0 Å². The van der Waals surface area contributed by atoms with Crippen LogP contribution in [0.3, 0.4) is 0 Å². The van der Waals surface area contributed by atoms with Crippen molar-refractivity contribution in [2.45, 2.75) is 98.9 Å². The molecular weight excluding hydrogens is 632 g/mol. The Bertz CT molecular complexity index is 1200. The van der Waals surface area contributed by atoms with Gasteiger partial charge in [0.15, 0.2) is 18.8 Å². The average Bonchev–Trinajstić information content (AvgIpc) is 3.06. The topological polar surface area (TPSA) is 286 Å². The zero-order valence-electron chi connectivity index (χ0n) is 25.3. The van der Waals surface area contributed by atoms with Gasteiger partial charge in [0.05, 0.1) is 19.8 Å². The number of carbonyl (C=O) groups excluding carboxylic acids is 2. The summed E-state index contributed by atoms with van der Waals surface area (Å²) in [5.74, 6) is -1.31. The number of nitrogens with one attached hydrogen (secondary N) is 2. The van der Waals surface area contributed by atoms with E-state index in [1.165, 1.54) is 12.1 Å². The van der Waals surface area contributed by atoms with Crippen molar-refractivity contribution in [1.82, 2.24) is 10.6 Å². The maximum absolute atomic E-state index is 12.7. The second-order valence-electron chi connectivity index (χ2n) is 11.4. The molecule has 2 amide bonds. The highest BCUT2D eigenvalue weighted by Gasteiger charge is 2.53. The van der Waals surface area contributed by atoms with Crippen LogP contribution in [0.1, 0.15) is 22.8 Å². The minimum absolute atomic E-state index is 0.207. The Labute approximate surface area is 268 Å². The van der Waals surface area contributed by atoms with E-state index in [9.17, 15) is 55.5 Å². The lowest BCUT2D eigenvalue weighted by Gasteiger charge is -2.48. The Hall–Kier alpha value is -2.66. The first-order valence-electron chi connectivity index (χ1n) is 14.8. The smallest absolute Gasteiger partial charge is 0.253 e. The molecule has 15 atom stereocenters. The Balaban J connectivity index is 1.45. The van der Waals surface area contributed by atoms with Gasteiger partial charge < -0.3 is 80.3 Å². The molecule has 0 aromatic heterocycles. The van der Waals surface area contributed by atoms with Gasteiger partial charge in [0.1, 0.15) is 73.2 Å². The van der Waals surface area contributed by atoms with Gasteiger partial charge in [-0.15, -0.1) is 0 Å². The zero-order valence-corrected chi connectivity index (χ0v) is 25.3. The third-order valence-electron chi connectivity index (χ3n) is 8.20. The highest BCUT2D eigenvalue weighted by molar-refractivity contribution is 5.94. The summed E-state index contributed by atoms with van der Waals surface area (Å²) in [6.07, 6.45) is -21.6. The predicted octanol–water partition coefficient (Wildman–Crippen LogP) is -5.35. The summed E-state index contributed by atoms with van der Waals surface area (Å²) in [4.78, 5) is 24.5. The molecular formula is C29H42N2O16. The number of rotatable bonds is 11. The van der Waals surface area contributed by atoms with Crippen LogP contribution in [-0.4, -0.2) is 170 Å². The summed E-state index contributed by atoms with van der Waals surface area (Å²) < 4.78 is 28.1. The molecule has 0 bridgehead atoms. The van der Waals surface area contributed by atoms with E-state index in [1.807, 2.05) is 0 Å². The fourth-order valence-corrected chi connectivity index (χ4v) is 5.59. The monoisotopic (exact) mass is 674 g/mol. The van der Waals surface area contributed by atoms with Gasteiger partial charge in [0.25, 0.3) is 5.91 Å². The van der Waals surface area contributed by atoms with Gasteiger partial charge in [-0.25, -0.2) is 0 Å². The summed E-state index contributed by atoms with van der Waals surface area (Å²) in [5.41, 5.74) is 0.967. The number of aliphatic hydroxyl groups excluding tert-OH is 9. The van der Waals surface area contributed by atoms with Crippen molar-refractivity contribution >= 4 is 17.9 Å². The van der Waals surface area contributed by atoms with E-state index in [0.29, 0.717) is 0 Å². The van der Waals surface area contributed by atoms with Gasteiger partial charge in [-0.1, -0.05) is 24.8 Å². The number of aliphatic hydroxyl groups is 9. The van der Waals surface area contributed by atoms with Crippen LogP contribution in [0, 0.1) is 0 Å². The van der Waals surface area contributed by atoms with Crippen molar-refractivity contribution < 1.29 is 79.2 Å². The number of benzene rings is 1. The second kappa shape index (κ2) is 16.2. The van der Waals surface area contributed by atoms with Crippen LogP contribution in [0.2, 0.25) is 0 Å². The molecule has 0 spiro atoms. The van der Waals surface area contributed by atoms with E-state index in [4.69, 9.17) is 23.7 Å². The highest BCUT2D eigenvalue weighted by Crippen LogP contribution is 2.32. The van der Waals surface area contributed by atoms with Gasteiger partial charge in [-0.3, -0.25) is 9.59 Å². The molecule has 3 fully saturated rings. The second-order valence-corrected chi connectivity index (χ2v) is 11.4. The molecule has 3 aliphatic heterocycles. The largest absolute Gasteiger partial charge is 0.394 e. The molecule has 11 N–H and O–H groups in total. The zero-order chi connectivity index (χ0) is 34.6. The maximum atomic E-state index is 12.7. The lowest BCUT2D eigenvalue weighted by atomic mass is 9.95. The number of ether oxygens (including phenoxy) is 5. The third kappa shape index (κ3) is 8.15. The van der Waals surface area contributed by atoms with E-state index >= 15 is 0 Å². The van der Waals surface area contributed by atoms with E-state index in [2.05, 4.69) is 17.2 Å². The first kappa shape index (κ1) is 37.2. The average molecular weight is 675 g/mol. The van der Waals surface area contributed by atoms with Gasteiger partial charge in [-0.05, 0) is 17.7 Å². The molecule has 1 aromatic rings. The third-order valence-corrected chi connectivity index (χ3v) is 8.20. The minimum atomic E-state index is -1.96. The van der Waals surface area contributed by atoms with Crippen molar-refractivity contribution in [3.05, 3.63) is 42.0 Å². The molecule has 0 radical (unpaired) electrons. The summed E-state index contributed by atoms with van der Waals surface area (Å²) in [7, 11) is 0. The van der Waals surface area contributed by atoms with Crippen LogP contribution < -0.4 is 10.6 Å². The summed E-state index contributed by atoms with van der Waals surface area (Å²) >= 11 is 0. The Morgan fingerprint density at radius 2 is 1.26 bits per heavy atom. The molecule has 0 saturated carbocycles. The fourth-order valence-electron chi connectivity index (χ4n) is 5.59. The lowest BCUT2D eigenvalue weighted by molar-refractivity contribution is -0.365. The van der Waals surface area contributed by atoms with Gasteiger partial charge in [0.2, 0.25) is 5.91 Å². The molecule has 3 aliphatic rings. The van der Waals surface area contributed by atoms with Crippen LogP contribution in [0.4, 0.5) is 0 Å². The van der Waals surface area contributed by atoms with Crippen LogP contribution in [0.15, 0.2) is 30.8 Å². The number of hydrogen-bond acceptors (Lipinski definition) is 16. The molecule has 18 nitrogen and oxygen atoms in total. The number of hydrogen-bond donors (Lipinski definition) is 11. The van der Waals surface area contributed by atoms with E-state index in [1.54, 1.807) is 18.2 Å². The van der Waals surface area contributed by atoms with Crippen molar-refractivity contribution in [3.63, 3.8) is 0 Å². The van der Waals surface area contributed by atoms with Crippen LogP contribution in [-0.2, 0) is 28.5 Å². The van der Waals surface area contributed by atoms with Crippen LogP contribution in [0.25, 0.3) is 6.08 Å². The normalized spacial score (nSPS) is 40.8. The van der Waals surface area contributed by atoms with Crippen molar-refractivity contribution in [2.75, 3.05) is 19.8 Å². The quantitative estimate of drug-likeness (QED) is 0.104. The van der Waals surface area contributed by atoms with E-state index < -0.39 is 124 Å². The highest BCUT2D eigenvalue weighted by atomic mass is 16.7. The van der Waals surface area contributed by atoms with Gasteiger partial charge in [-0.2, -0.15) is 0 Å². The standard InChI is InChI=1S/C29H42N2O16/c1-3-12-4-6-13(7-5-12)26(42)31-27-22(40)20(38)24(15(9-33)43-27)47-29-23(41)21(39)25(16(10-34)45-29)46-28-17(30-11(2)35)19(37)18(36)14(8-32)44-28/h3-7,14-25,27-29,32-34,36-41H,1,8-10H2,2H3,(H,30,35)(H,31,42)/t14-,15-,16-,17-,18+,19-,20-,21-,22-,23-,24-,25-,27-,28+,29+/m1/s1. The summed E-state index contributed by atoms with van der Waals surface area (Å²) in [5, 5.41) is 98.8. The Morgan fingerprint density at radius 1 is 0.723 bits per heavy atom. The van der Waals surface area contributed by atoms with E-state index in [-0.39, 0.29) is 5.56 Å². The number of amides is 2. The molecule has 0 unspecified atom stereocenters. The first-order valence-corrected chi connectivity index (χ1v) is 14.8. The molecule has 1 aromatic carbocycles.